The number of carbonyl (C=O) groups excluding carboxylic acids is 3. The first-order valence-electron chi connectivity index (χ1n) is 11.0. The van der Waals surface area contributed by atoms with Crippen molar-refractivity contribution in [1.29, 1.82) is 0 Å². The van der Waals surface area contributed by atoms with E-state index < -0.39 is 35.5 Å². The average Bonchev–Trinajstić information content (AvgIpc) is 2.73. The van der Waals surface area contributed by atoms with Crippen LogP contribution in [-0.2, 0) is 14.3 Å². The second kappa shape index (κ2) is 9.94. The van der Waals surface area contributed by atoms with Gasteiger partial charge in [0.25, 0.3) is 11.8 Å². The molecule has 0 aliphatic carbocycles. The molecule has 0 saturated heterocycles. The van der Waals surface area contributed by atoms with E-state index in [1.807, 2.05) is 50.2 Å². The summed E-state index contributed by atoms with van der Waals surface area (Å²) < 4.78 is 11.2. The zero-order valence-corrected chi connectivity index (χ0v) is 19.6. The van der Waals surface area contributed by atoms with Gasteiger partial charge in [0, 0.05) is 11.1 Å². The van der Waals surface area contributed by atoms with Crippen LogP contribution in [0.3, 0.4) is 0 Å². The normalized spacial score (nSPS) is 13.8. The number of alkyl carbamates (subject to hydrolysis) is 1. The van der Waals surface area contributed by atoms with Crippen LogP contribution >= 0.6 is 0 Å². The van der Waals surface area contributed by atoms with Crippen molar-refractivity contribution < 1.29 is 23.9 Å². The predicted molar refractivity (Wildman–Crippen MR) is 124 cm³/mol. The Balaban J connectivity index is 1.72. The van der Waals surface area contributed by atoms with E-state index in [1.54, 1.807) is 32.9 Å². The van der Waals surface area contributed by atoms with E-state index in [2.05, 4.69) is 16.2 Å². The van der Waals surface area contributed by atoms with Gasteiger partial charge in [-0.2, -0.15) is 0 Å². The van der Waals surface area contributed by atoms with Gasteiger partial charge in [0.2, 0.25) is 0 Å². The summed E-state index contributed by atoms with van der Waals surface area (Å²) in [6, 6.07) is 13.7. The summed E-state index contributed by atoms with van der Waals surface area (Å²) in [6.07, 6.45) is -0.314. The van der Waals surface area contributed by atoms with Crippen LogP contribution in [0.2, 0.25) is 0 Å². The number of rotatable bonds is 5. The Morgan fingerprint density at radius 1 is 0.939 bits per heavy atom. The van der Waals surface area contributed by atoms with Crippen LogP contribution < -0.4 is 20.9 Å². The predicted octanol–water partition coefficient (Wildman–Crippen LogP) is 4.01. The molecule has 0 saturated carbocycles. The molecular formula is C25H31N3O5. The molecule has 0 fully saturated rings. The van der Waals surface area contributed by atoms with Crippen LogP contribution in [0.1, 0.15) is 58.1 Å². The lowest BCUT2D eigenvalue weighted by atomic mass is 9.87. The quantitative estimate of drug-likeness (QED) is 0.593. The lowest BCUT2D eigenvalue weighted by Crippen LogP contribution is -2.54. The molecule has 8 nitrogen and oxygen atoms in total. The van der Waals surface area contributed by atoms with Crippen molar-refractivity contribution in [2.24, 2.45) is 5.92 Å². The summed E-state index contributed by atoms with van der Waals surface area (Å²) in [5.41, 5.74) is 5.70. The molecule has 3 rings (SSSR count). The first-order chi connectivity index (χ1) is 15.5. The van der Waals surface area contributed by atoms with Crippen LogP contribution in [0.15, 0.2) is 48.5 Å². The highest BCUT2D eigenvalue weighted by Crippen LogP contribution is 2.43. The fourth-order valence-electron chi connectivity index (χ4n) is 3.63. The fraction of sp³-hybridized carbons (Fsp3) is 0.400. The van der Waals surface area contributed by atoms with Crippen molar-refractivity contribution in [2.45, 2.75) is 58.6 Å². The van der Waals surface area contributed by atoms with Gasteiger partial charge in [-0.15, -0.1) is 0 Å². The van der Waals surface area contributed by atoms with E-state index in [0.29, 0.717) is 29.0 Å². The van der Waals surface area contributed by atoms with Crippen LogP contribution in [0.4, 0.5) is 4.79 Å². The number of para-hydroxylation sites is 2. The maximum Gasteiger partial charge on any atom is 0.408 e. The highest BCUT2D eigenvalue weighted by atomic mass is 16.6. The van der Waals surface area contributed by atoms with Gasteiger partial charge in [-0.05, 0) is 45.2 Å². The summed E-state index contributed by atoms with van der Waals surface area (Å²) in [5.74, 6) is -0.294. The molecule has 1 aliphatic rings. The van der Waals surface area contributed by atoms with Gasteiger partial charge in [0.15, 0.2) is 0 Å². The molecule has 2 aromatic carbocycles. The van der Waals surface area contributed by atoms with Gasteiger partial charge in [-0.3, -0.25) is 20.4 Å². The fourth-order valence-corrected chi connectivity index (χ4v) is 3.63. The maximum absolute atomic E-state index is 13.2. The number of hydrogen-bond acceptors (Lipinski definition) is 5. The zero-order chi connectivity index (χ0) is 24.2. The number of benzene rings is 2. The molecule has 1 aliphatic heterocycles. The van der Waals surface area contributed by atoms with E-state index in [-0.39, 0.29) is 5.92 Å². The van der Waals surface area contributed by atoms with Crippen molar-refractivity contribution in [3.63, 3.8) is 0 Å². The van der Waals surface area contributed by atoms with Crippen LogP contribution in [0.5, 0.6) is 11.5 Å². The minimum atomic E-state index is -0.866. The van der Waals surface area contributed by atoms with Crippen molar-refractivity contribution in [1.82, 2.24) is 16.2 Å². The molecule has 3 N–H and O–H groups in total. The molecule has 0 spiro atoms. The molecule has 8 heteroatoms. The van der Waals surface area contributed by atoms with E-state index >= 15 is 0 Å². The van der Waals surface area contributed by atoms with E-state index in [9.17, 15) is 14.4 Å². The van der Waals surface area contributed by atoms with Gasteiger partial charge in [-0.25, -0.2) is 4.79 Å². The number of fused-ring (bicyclic) bond motifs is 2. The SMILES string of the molecule is CC(C)C[C@@H](NC(=O)OC(C)(C)C)C(=O)NNC(=O)C1c2ccccc2Oc2ccccc21. The molecule has 0 bridgehead atoms. The highest BCUT2D eigenvalue weighted by molar-refractivity contribution is 5.92. The van der Waals surface area contributed by atoms with Crippen molar-refractivity contribution >= 4 is 17.9 Å². The first-order valence-corrected chi connectivity index (χ1v) is 11.0. The number of carbonyl (C=O) groups is 3. The standard InChI is InChI=1S/C25H31N3O5/c1-15(2)14-18(26-24(31)33-25(3,4)5)22(29)27-28-23(30)21-16-10-6-8-12-19(16)32-20-13-9-7-11-17(20)21/h6-13,15,18,21H,14H2,1-5H3,(H,26,31)(H,27,29)(H,28,30)/t18-/m1/s1. The van der Waals surface area contributed by atoms with E-state index in [1.165, 1.54) is 0 Å². The van der Waals surface area contributed by atoms with E-state index in [4.69, 9.17) is 9.47 Å². The number of nitrogens with one attached hydrogen (secondary N) is 3. The third kappa shape index (κ3) is 6.25. The van der Waals surface area contributed by atoms with Gasteiger partial charge >= 0.3 is 6.09 Å². The number of hydrogen-bond donors (Lipinski definition) is 3. The average molecular weight is 454 g/mol. The van der Waals surface area contributed by atoms with Gasteiger partial charge in [0.1, 0.15) is 23.1 Å². The Morgan fingerprint density at radius 3 is 2.00 bits per heavy atom. The minimum Gasteiger partial charge on any atom is -0.457 e. The van der Waals surface area contributed by atoms with Crippen LogP contribution in [0, 0.1) is 5.92 Å². The first kappa shape index (κ1) is 24.1. The molecule has 1 heterocycles. The molecule has 2 aromatic rings. The molecule has 0 radical (unpaired) electrons. The lowest BCUT2D eigenvalue weighted by Gasteiger charge is -2.28. The van der Waals surface area contributed by atoms with Crippen molar-refractivity contribution in [2.75, 3.05) is 0 Å². The highest BCUT2D eigenvalue weighted by Gasteiger charge is 2.33. The van der Waals surface area contributed by atoms with Crippen LogP contribution in [-0.4, -0.2) is 29.6 Å². The second-order valence-corrected chi connectivity index (χ2v) is 9.42. The number of ether oxygens (including phenoxy) is 2. The molecule has 0 aromatic heterocycles. The largest absolute Gasteiger partial charge is 0.457 e. The molecule has 33 heavy (non-hydrogen) atoms. The summed E-state index contributed by atoms with van der Waals surface area (Å²) in [4.78, 5) is 38.2. The molecule has 176 valence electrons. The van der Waals surface area contributed by atoms with Crippen molar-refractivity contribution in [3.05, 3.63) is 59.7 Å². The minimum absolute atomic E-state index is 0.126. The topological polar surface area (TPSA) is 106 Å². The Bertz CT molecular complexity index is 983. The number of amides is 3. The summed E-state index contributed by atoms with van der Waals surface area (Å²) in [5, 5.41) is 2.59. The smallest absolute Gasteiger partial charge is 0.408 e. The zero-order valence-electron chi connectivity index (χ0n) is 19.6. The lowest BCUT2D eigenvalue weighted by molar-refractivity contribution is -0.130. The summed E-state index contributed by atoms with van der Waals surface area (Å²) in [7, 11) is 0. The molecule has 0 unspecified atom stereocenters. The monoisotopic (exact) mass is 453 g/mol. The van der Waals surface area contributed by atoms with Gasteiger partial charge < -0.3 is 14.8 Å². The van der Waals surface area contributed by atoms with Gasteiger partial charge in [-0.1, -0.05) is 50.2 Å². The summed E-state index contributed by atoms with van der Waals surface area (Å²) >= 11 is 0. The van der Waals surface area contributed by atoms with E-state index in [0.717, 1.165) is 0 Å². The second-order valence-electron chi connectivity index (χ2n) is 9.42. The third-order valence-corrected chi connectivity index (χ3v) is 4.97. The Morgan fingerprint density at radius 2 is 1.48 bits per heavy atom. The Hall–Kier alpha value is -3.55. The summed E-state index contributed by atoms with van der Waals surface area (Å²) in [6.45, 7) is 9.10. The maximum atomic E-state index is 13.2. The third-order valence-electron chi connectivity index (χ3n) is 4.97. The van der Waals surface area contributed by atoms with Crippen LogP contribution in [0.25, 0.3) is 0 Å². The molecule has 1 atom stereocenters. The molecule has 3 amide bonds. The Kier molecular flexibility index (Phi) is 7.26. The molecular weight excluding hydrogens is 422 g/mol. The number of hydrazine groups is 1. The Labute approximate surface area is 194 Å². The van der Waals surface area contributed by atoms with Gasteiger partial charge in [0.05, 0.1) is 5.92 Å². The van der Waals surface area contributed by atoms with Crippen molar-refractivity contribution in [3.8, 4) is 11.5 Å².